The Balaban J connectivity index is -0.000000171. The van der Waals surface area contributed by atoms with Gasteiger partial charge in [0.2, 0.25) is 0 Å². The van der Waals surface area contributed by atoms with Crippen molar-refractivity contribution in [2.24, 2.45) is 11.8 Å². The van der Waals surface area contributed by atoms with E-state index in [1.54, 1.807) is 0 Å². The van der Waals surface area contributed by atoms with Gasteiger partial charge in [-0.1, -0.05) is 92.9 Å². The van der Waals surface area contributed by atoms with Crippen molar-refractivity contribution in [1.82, 2.24) is 0 Å². The SMILES string of the molecule is CCCCS(CCCCCC(C)C)=P([O-])([O-])[S-].CCCCS(CCCCCC(C)C)=P([O-])([O-])[S-].[Zn+2].[Zn+2].[Zn+2]. The third-order valence-corrected chi connectivity index (χ3v) is 19.5. The van der Waals surface area contributed by atoms with E-state index < -0.39 is 31.5 Å². The summed E-state index contributed by atoms with van der Waals surface area (Å²) in [4.78, 5) is 45.9. The van der Waals surface area contributed by atoms with Crippen LogP contribution in [0.2, 0.25) is 0 Å². The van der Waals surface area contributed by atoms with Crippen molar-refractivity contribution in [2.45, 2.75) is 119 Å². The van der Waals surface area contributed by atoms with Crippen molar-refractivity contribution < 1.29 is 78.0 Å². The molecule has 212 valence electrons. The summed E-state index contributed by atoms with van der Waals surface area (Å²) in [6, 6.07) is 0. The molecule has 0 radical (unpaired) electrons. The van der Waals surface area contributed by atoms with Crippen LogP contribution in [0, 0.1) is 11.8 Å². The van der Waals surface area contributed by atoms with E-state index in [0.717, 1.165) is 86.2 Å². The van der Waals surface area contributed by atoms with Gasteiger partial charge in [0.1, 0.15) is 0 Å². The normalized spacial score (nSPS) is 13.1. The Bertz CT molecular complexity index is 548. The van der Waals surface area contributed by atoms with Gasteiger partial charge in [-0.2, -0.15) is 0 Å². The van der Waals surface area contributed by atoms with Crippen LogP contribution < -0.4 is 19.6 Å². The number of hydrogen-bond donors (Lipinski definition) is 0. The topological polar surface area (TPSA) is 92.2 Å². The first kappa shape index (κ1) is 50.6. The fourth-order valence-corrected chi connectivity index (χ4v) is 13.8. The van der Waals surface area contributed by atoms with E-state index in [1.165, 1.54) is 25.7 Å². The summed E-state index contributed by atoms with van der Waals surface area (Å²) in [6.45, 7) is 13.1. The molecule has 0 aliphatic rings. The largest absolute Gasteiger partial charge is 2.00 e. The van der Waals surface area contributed by atoms with Crippen LogP contribution in [0.15, 0.2) is 0 Å². The zero-order valence-corrected chi connectivity index (χ0v) is 38.7. The summed E-state index contributed by atoms with van der Waals surface area (Å²) < 4.78 is 0. The van der Waals surface area contributed by atoms with Gasteiger partial charge < -0.3 is 55.5 Å². The van der Waals surface area contributed by atoms with Crippen molar-refractivity contribution in [1.29, 1.82) is 0 Å². The predicted octanol–water partition coefficient (Wildman–Crippen LogP) is 5.13. The molecule has 2 unspecified atom stereocenters. The Labute approximate surface area is 284 Å². The molecule has 0 aromatic carbocycles. The molecule has 0 fully saturated rings. The number of hydrogen-bond acceptors (Lipinski definition) is 6. The van der Waals surface area contributed by atoms with E-state index in [1.807, 2.05) is 0 Å². The fraction of sp³-hybridized carbons (Fsp3) is 1.00. The Morgan fingerprint density at radius 2 is 0.784 bits per heavy atom. The van der Waals surface area contributed by atoms with Crippen LogP contribution in [0.1, 0.15) is 119 Å². The Morgan fingerprint density at radius 1 is 0.514 bits per heavy atom. The van der Waals surface area contributed by atoms with Gasteiger partial charge in [-0.25, -0.2) is 20.1 Å². The minimum absolute atomic E-state index is 0. The minimum atomic E-state index is -3.51. The first-order valence-corrected chi connectivity index (χ1v) is 22.8. The second-order valence-corrected chi connectivity index (χ2v) is 25.4. The second kappa shape index (κ2) is 31.4. The van der Waals surface area contributed by atoms with Crippen LogP contribution in [0.25, 0.3) is 0 Å². The van der Waals surface area contributed by atoms with E-state index >= 15 is 0 Å². The Kier molecular flexibility index (Phi) is 42.9. The molecule has 0 bridgehead atoms. The molecule has 2 atom stereocenters. The van der Waals surface area contributed by atoms with Crippen LogP contribution in [0.5, 0.6) is 0 Å². The molecule has 13 heteroatoms. The molecule has 0 spiro atoms. The average molecular weight is 791 g/mol. The van der Waals surface area contributed by atoms with Crippen LogP contribution in [-0.2, 0) is 103 Å². The van der Waals surface area contributed by atoms with Crippen LogP contribution in [0.4, 0.5) is 0 Å². The first-order valence-electron chi connectivity index (χ1n) is 13.2. The van der Waals surface area contributed by atoms with Gasteiger partial charge in [-0.15, -0.1) is 0 Å². The van der Waals surface area contributed by atoms with Crippen molar-refractivity contribution in [3.05, 3.63) is 0 Å². The maximum absolute atomic E-state index is 11.5. The molecule has 0 amide bonds. The standard InChI is InChI=1S/2C12H26O2PS2.3Zn/c2*1-4-5-10-17(15(13,14)16)11-8-6-7-9-12(2)3;;;/h2*12H,4-11H2,1-3H3;;;/q2*-3;3*+2. The van der Waals surface area contributed by atoms with E-state index in [4.69, 9.17) is 0 Å². The molecule has 0 saturated heterocycles. The average Bonchev–Trinajstić information content (AvgIpc) is 2.70. The molecule has 0 aliphatic carbocycles. The van der Waals surface area contributed by atoms with Crippen molar-refractivity contribution >= 4 is 56.0 Å². The van der Waals surface area contributed by atoms with Gasteiger partial charge >= 0.3 is 58.4 Å². The van der Waals surface area contributed by atoms with E-state index in [9.17, 15) is 19.6 Å². The summed E-state index contributed by atoms with van der Waals surface area (Å²) in [5.74, 6) is 4.65. The van der Waals surface area contributed by atoms with Gasteiger partial charge in [0.05, 0.1) is 0 Å². The summed E-state index contributed by atoms with van der Waals surface area (Å²) in [7, 11) is -1.08. The Hall–Kier alpha value is 3.97. The molecular formula is C24H52O4P2S4Zn3. The molecule has 0 aromatic rings. The third kappa shape index (κ3) is 36.1. The van der Waals surface area contributed by atoms with E-state index in [2.05, 4.69) is 66.0 Å². The van der Waals surface area contributed by atoms with Crippen LogP contribution in [-0.4, -0.2) is 23.0 Å². The number of rotatable bonds is 18. The summed E-state index contributed by atoms with van der Waals surface area (Å²) in [5.41, 5.74) is -7.02. The van der Waals surface area contributed by atoms with E-state index in [-0.39, 0.29) is 58.4 Å². The second-order valence-electron chi connectivity index (χ2n) is 9.83. The molecule has 0 aromatic heterocycles. The monoisotopic (exact) mass is 786 g/mol. The van der Waals surface area contributed by atoms with Crippen LogP contribution >= 0.6 is 11.4 Å². The maximum Gasteiger partial charge on any atom is 2.00 e. The smallest absolute Gasteiger partial charge is 0.854 e. The molecule has 0 aliphatic heterocycles. The molecule has 4 nitrogen and oxygen atoms in total. The first-order chi connectivity index (χ1) is 15.8. The van der Waals surface area contributed by atoms with Gasteiger partial charge in [-0.05, 0) is 60.5 Å². The van der Waals surface area contributed by atoms with Crippen molar-refractivity contribution in [3.63, 3.8) is 0 Å². The molecule has 0 saturated carbocycles. The molecule has 0 heterocycles. The zero-order chi connectivity index (χ0) is 26.6. The molecular weight excluding hydrogens is 739 g/mol. The molecule has 37 heavy (non-hydrogen) atoms. The van der Waals surface area contributed by atoms with Gasteiger partial charge in [0.15, 0.2) is 0 Å². The summed E-state index contributed by atoms with van der Waals surface area (Å²) >= 11 is 9.30. The molecule has 0 rings (SSSR count). The fourth-order valence-electron chi connectivity index (χ4n) is 3.27. The van der Waals surface area contributed by atoms with Gasteiger partial charge in [0, 0.05) is 0 Å². The van der Waals surface area contributed by atoms with E-state index in [0.29, 0.717) is 0 Å². The van der Waals surface area contributed by atoms with Crippen molar-refractivity contribution in [2.75, 3.05) is 23.0 Å². The summed E-state index contributed by atoms with van der Waals surface area (Å²) in [5, 5.41) is 0. The van der Waals surface area contributed by atoms with Gasteiger partial charge in [0.25, 0.3) is 0 Å². The summed E-state index contributed by atoms with van der Waals surface area (Å²) in [6.07, 6.45) is 13.3. The maximum atomic E-state index is 11.5. The van der Waals surface area contributed by atoms with Crippen molar-refractivity contribution in [3.8, 4) is 0 Å². The Morgan fingerprint density at radius 3 is 1.00 bits per heavy atom. The quantitative estimate of drug-likeness (QED) is 0.0829. The third-order valence-electron chi connectivity index (χ3n) is 5.42. The number of unbranched alkanes of at least 4 members (excludes halogenated alkanes) is 6. The predicted molar refractivity (Wildman–Crippen MR) is 159 cm³/mol. The zero-order valence-electron chi connectivity index (χ0n) is 24.8. The van der Waals surface area contributed by atoms with Crippen LogP contribution in [0.3, 0.4) is 0 Å². The van der Waals surface area contributed by atoms with Gasteiger partial charge in [-0.3, -0.25) is 0 Å². The molecule has 0 N–H and O–H groups in total. The minimum Gasteiger partial charge on any atom is -0.854 e.